The third-order valence-corrected chi connectivity index (χ3v) is 4.10. The topological polar surface area (TPSA) is 70.0 Å². The highest BCUT2D eigenvalue weighted by Gasteiger charge is 2.23. The molecule has 0 saturated heterocycles. The van der Waals surface area contributed by atoms with Gasteiger partial charge < -0.3 is 0 Å². The van der Waals surface area contributed by atoms with Gasteiger partial charge in [-0.25, -0.2) is 13.1 Å². The molecule has 5 heteroatoms. The fourth-order valence-electron chi connectivity index (χ4n) is 1.42. The van der Waals surface area contributed by atoms with Crippen molar-refractivity contribution in [3.63, 3.8) is 0 Å². The van der Waals surface area contributed by atoms with Crippen LogP contribution in [0.3, 0.4) is 0 Å². The van der Waals surface area contributed by atoms with Crippen molar-refractivity contribution in [2.75, 3.05) is 6.54 Å². The summed E-state index contributed by atoms with van der Waals surface area (Å²) in [4.78, 5) is 0. The molecule has 0 aromatic rings. The van der Waals surface area contributed by atoms with E-state index in [0.717, 1.165) is 25.7 Å². The van der Waals surface area contributed by atoms with Gasteiger partial charge in [0.1, 0.15) is 0 Å². The minimum Gasteiger partial charge on any atom is -0.214 e. The van der Waals surface area contributed by atoms with E-state index in [1.807, 2.05) is 13.0 Å². The lowest BCUT2D eigenvalue weighted by atomic mass is 10.2. The van der Waals surface area contributed by atoms with Gasteiger partial charge in [-0.05, 0) is 12.8 Å². The number of hydrogen-bond donors (Lipinski definition) is 1. The molecule has 0 aliphatic rings. The maximum Gasteiger partial charge on any atom is 0.227 e. The first-order valence-electron chi connectivity index (χ1n) is 5.96. The van der Waals surface area contributed by atoms with E-state index in [1.165, 1.54) is 0 Å². The molecule has 4 nitrogen and oxygen atoms in total. The van der Waals surface area contributed by atoms with Crippen LogP contribution in [0.25, 0.3) is 0 Å². The van der Waals surface area contributed by atoms with Gasteiger partial charge in [0.05, 0.1) is 6.07 Å². The molecule has 0 radical (unpaired) electrons. The highest BCUT2D eigenvalue weighted by atomic mass is 32.2. The molecule has 0 bridgehead atoms. The quantitative estimate of drug-likeness (QED) is 0.634. The molecule has 0 rings (SSSR count). The summed E-state index contributed by atoms with van der Waals surface area (Å²) < 4.78 is 25.8. The maximum atomic E-state index is 11.7. The molecule has 0 heterocycles. The van der Waals surface area contributed by atoms with Crippen molar-refractivity contribution in [1.82, 2.24) is 4.72 Å². The van der Waals surface area contributed by atoms with E-state index in [0.29, 0.717) is 19.4 Å². The Bertz CT molecular complexity index is 306. The smallest absolute Gasteiger partial charge is 0.214 e. The second-order valence-corrected chi connectivity index (χ2v) is 5.85. The lowest BCUT2D eigenvalue weighted by Gasteiger charge is -2.10. The zero-order chi connectivity index (χ0) is 12.4. The summed E-state index contributed by atoms with van der Waals surface area (Å²) in [6.07, 6.45) is 5.24. The van der Waals surface area contributed by atoms with Gasteiger partial charge in [-0.15, -0.1) is 0 Å². The van der Waals surface area contributed by atoms with Gasteiger partial charge in [-0.2, -0.15) is 5.26 Å². The lowest BCUT2D eigenvalue weighted by molar-refractivity contribution is 0.562. The van der Waals surface area contributed by atoms with E-state index in [2.05, 4.69) is 11.6 Å². The molecule has 0 aliphatic carbocycles. The van der Waals surface area contributed by atoms with Crippen LogP contribution in [0.2, 0.25) is 0 Å². The molecule has 0 saturated carbocycles. The van der Waals surface area contributed by atoms with Crippen LogP contribution in [0.15, 0.2) is 0 Å². The number of nitriles is 1. The summed E-state index contributed by atoms with van der Waals surface area (Å²) >= 11 is 0. The zero-order valence-corrected chi connectivity index (χ0v) is 11.0. The van der Waals surface area contributed by atoms with E-state index in [-0.39, 0.29) is 0 Å². The first kappa shape index (κ1) is 15.4. The number of hydrogen-bond acceptors (Lipinski definition) is 3. The Kier molecular flexibility index (Phi) is 8.22. The molecule has 1 N–H and O–H groups in total. The van der Waals surface area contributed by atoms with Crippen molar-refractivity contribution >= 4 is 10.0 Å². The minimum absolute atomic E-state index is 0.404. The van der Waals surface area contributed by atoms with Crippen LogP contribution in [-0.2, 0) is 10.0 Å². The van der Waals surface area contributed by atoms with Gasteiger partial charge in [-0.3, -0.25) is 0 Å². The number of nitrogens with one attached hydrogen (secondary N) is 1. The summed E-state index contributed by atoms with van der Waals surface area (Å²) in [6.45, 7) is 4.43. The molecule has 1 atom stereocenters. The van der Waals surface area contributed by atoms with Gasteiger partial charge in [0, 0.05) is 6.54 Å². The highest BCUT2D eigenvalue weighted by molar-refractivity contribution is 7.90. The Labute approximate surface area is 99.1 Å². The van der Waals surface area contributed by atoms with Gasteiger partial charge in [-0.1, -0.05) is 39.5 Å². The monoisotopic (exact) mass is 246 g/mol. The van der Waals surface area contributed by atoms with Crippen LogP contribution in [0.5, 0.6) is 0 Å². The Morgan fingerprint density at radius 1 is 1.19 bits per heavy atom. The van der Waals surface area contributed by atoms with Crippen molar-refractivity contribution in [3.05, 3.63) is 0 Å². The molecule has 0 fully saturated rings. The van der Waals surface area contributed by atoms with Gasteiger partial charge in [0.15, 0.2) is 5.25 Å². The molecular formula is C11H22N2O2S. The van der Waals surface area contributed by atoms with Gasteiger partial charge >= 0.3 is 0 Å². The van der Waals surface area contributed by atoms with Crippen LogP contribution in [-0.4, -0.2) is 20.2 Å². The van der Waals surface area contributed by atoms with Crippen LogP contribution in [0, 0.1) is 11.3 Å². The van der Waals surface area contributed by atoms with E-state index in [4.69, 9.17) is 5.26 Å². The van der Waals surface area contributed by atoms with Crippen molar-refractivity contribution in [1.29, 1.82) is 5.26 Å². The Balaban J connectivity index is 3.99. The van der Waals surface area contributed by atoms with Crippen LogP contribution >= 0.6 is 0 Å². The second kappa shape index (κ2) is 8.54. The highest BCUT2D eigenvalue weighted by Crippen LogP contribution is 2.06. The van der Waals surface area contributed by atoms with E-state index < -0.39 is 15.3 Å². The molecule has 0 amide bonds. The van der Waals surface area contributed by atoms with E-state index in [1.54, 1.807) is 0 Å². The van der Waals surface area contributed by atoms with Crippen LogP contribution in [0.4, 0.5) is 0 Å². The fourth-order valence-corrected chi connectivity index (χ4v) is 2.73. The summed E-state index contributed by atoms with van der Waals surface area (Å²) in [7, 11) is -3.43. The Morgan fingerprint density at radius 2 is 1.88 bits per heavy atom. The maximum absolute atomic E-state index is 11.7. The van der Waals surface area contributed by atoms with Crippen LogP contribution in [0.1, 0.15) is 52.4 Å². The number of sulfonamides is 1. The molecule has 0 aromatic carbocycles. The van der Waals surface area contributed by atoms with Crippen molar-refractivity contribution in [2.45, 2.75) is 57.6 Å². The summed E-state index contributed by atoms with van der Waals surface area (Å²) in [5.74, 6) is 0. The predicted octanol–water partition coefficient (Wildman–Crippen LogP) is 2.18. The molecule has 1 unspecified atom stereocenters. The summed E-state index contributed by atoms with van der Waals surface area (Å²) in [5, 5.41) is 7.86. The predicted molar refractivity (Wildman–Crippen MR) is 65.4 cm³/mol. The largest absolute Gasteiger partial charge is 0.227 e. The number of rotatable bonds is 9. The van der Waals surface area contributed by atoms with Gasteiger partial charge in [0.2, 0.25) is 10.0 Å². The lowest BCUT2D eigenvalue weighted by Crippen LogP contribution is -2.34. The normalized spacial score (nSPS) is 13.3. The Morgan fingerprint density at radius 3 is 2.38 bits per heavy atom. The van der Waals surface area contributed by atoms with Crippen molar-refractivity contribution < 1.29 is 8.42 Å². The molecule has 0 aromatic heterocycles. The van der Waals surface area contributed by atoms with E-state index in [9.17, 15) is 8.42 Å². The first-order chi connectivity index (χ1) is 7.58. The van der Waals surface area contributed by atoms with Crippen LogP contribution < -0.4 is 4.72 Å². The van der Waals surface area contributed by atoms with Gasteiger partial charge in [0.25, 0.3) is 0 Å². The molecule has 0 aliphatic heterocycles. The molecule has 0 spiro atoms. The fraction of sp³-hybridized carbons (Fsp3) is 0.909. The average molecular weight is 246 g/mol. The number of nitrogens with zero attached hydrogens (tertiary/aromatic N) is 1. The SMILES string of the molecule is CCCCCCNS(=O)(=O)C(C#N)CCC. The molecular weight excluding hydrogens is 224 g/mol. The first-order valence-corrected chi connectivity index (χ1v) is 7.51. The second-order valence-electron chi connectivity index (χ2n) is 3.91. The average Bonchev–Trinajstić information content (AvgIpc) is 2.25. The zero-order valence-electron chi connectivity index (χ0n) is 10.2. The van der Waals surface area contributed by atoms with Crippen molar-refractivity contribution in [3.8, 4) is 6.07 Å². The standard InChI is InChI=1S/C11H22N2O2S/c1-3-5-6-7-9-13-16(14,15)11(10-12)8-4-2/h11,13H,3-9H2,1-2H3. The minimum atomic E-state index is -3.43. The summed E-state index contributed by atoms with van der Waals surface area (Å²) in [6, 6.07) is 1.84. The third-order valence-electron chi connectivity index (χ3n) is 2.40. The van der Waals surface area contributed by atoms with Crippen molar-refractivity contribution in [2.24, 2.45) is 0 Å². The van der Waals surface area contributed by atoms with E-state index >= 15 is 0 Å². The summed E-state index contributed by atoms with van der Waals surface area (Å²) in [5.41, 5.74) is 0. The number of unbranched alkanes of at least 4 members (excludes halogenated alkanes) is 3. The molecule has 16 heavy (non-hydrogen) atoms. The third kappa shape index (κ3) is 6.09. The molecule has 94 valence electrons. The Hall–Kier alpha value is -0.600.